The minimum Gasteiger partial charge on any atom is -0.507 e. The summed E-state index contributed by atoms with van der Waals surface area (Å²) >= 11 is 12.4. The van der Waals surface area contributed by atoms with E-state index in [9.17, 15) is 9.90 Å². The highest BCUT2D eigenvalue weighted by Gasteiger charge is 2.14. The minimum atomic E-state index is -0.526. The lowest BCUT2D eigenvalue weighted by Gasteiger charge is -2.05. The van der Waals surface area contributed by atoms with Crippen LogP contribution in [0.4, 0.5) is 0 Å². The number of carbonyl (C=O) groups is 1. The number of phenolic OH excluding ortho intramolecular Hbond substituents is 1. The van der Waals surface area contributed by atoms with Crippen LogP contribution in [0.25, 0.3) is 10.8 Å². The highest BCUT2D eigenvalue weighted by molar-refractivity contribution is 6.32. The van der Waals surface area contributed by atoms with Crippen LogP contribution in [-0.4, -0.2) is 27.0 Å². The molecular formula is C23H18Cl2N4O2. The number of hydrogen-bond acceptors (Lipinski definition) is 4. The Morgan fingerprint density at radius 2 is 1.81 bits per heavy atom. The van der Waals surface area contributed by atoms with Crippen molar-refractivity contribution in [3.05, 3.63) is 93.2 Å². The Balaban J connectivity index is 1.50. The maximum atomic E-state index is 12.5. The van der Waals surface area contributed by atoms with Crippen LogP contribution >= 0.6 is 23.2 Å². The van der Waals surface area contributed by atoms with Crippen molar-refractivity contribution in [1.82, 2.24) is 15.2 Å². The second kappa shape index (κ2) is 8.79. The standard InChI is InChI=1S/C23H18Cl2N4O2/c1-14-20(22(25)29(28-14)13-15-6-8-18(24)9-7-15)12-26-27-23(31)19-10-16-4-2-3-5-17(16)11-21(19)30/h2-12,30H,13H2,1H3,(H,27,31). The van der Waals surface area contributed by atoms with Crippen LogP contribution in [0.2, 0.25) is 10.2 Å². The normalized spacial score (nSPS) is 11.3. The van der Waals surface area contributed by atoms with Gasteiger partial charge >= 0.3 is 0 Å². The first-order valence-electron chi connectivity index (χ1n) is 9.45. The van der Waals surface area contributed by atoms with Crippen molar-refractivity contribution < 1.29 is 9.90 Å². The summed E-state index contributed by atoms with van der Waals surface area (Å²) < 4.78 is 1.65. The molecular weight excluding hydrogens is 435 g/mol. The number of benzene rings is 3. The molecule has 0 aliphatic rings. The van der Waals surface area contributed by atoms with E-state index in [4.69, 9.17) is 23.2 Å². The van der Waals surface area contributed by atoms with E-state index in [0.717, 1.165) is 16.3 Å². The van der Waals surface area contributed by atoms with Crippen molar-refractivity contribution in [1.29, 1.82) is 0 Å². The highest BCUT2D eigenvalue weighted by Crippen LogP contribution is 2.25. The molecule has 3 aromatic carbocycles. The molecule has 156 valence electrons. The summed E-state index contributed by atoms with van der Waals surface area (Å²) in [4.78, 5) is 12.5. The molecule has 1 amide bonds. The van der Waals surface area contributed by atoms with Gasteiger partial charge in [-0.2, -0.15) is 10.2 Å². The third-order valence-corrected chi connectivity index (χ3v) is 5.47. The highest BCUT2D eigenvalue weighted by atomic mass is 35.5. The number of phenols is 1. The predicted molar refractivity (Wildman–Crippen MR) is 123 cm³/mol. The number of carbonyl (C=O) groups excluding carboxylic acids is 1. The molecule has 0 unspecified atom stereocenters. The fraction of sp³-hybridized carbons (Fsp3) is 0.0870. The molecule has 0 radical (unpaired) electrons. The molecule has 1 aromatic heterocycles. The number of hydrazone groups is 1. The topological polar surface area (TPSA) is 79.5 Å². The third kappa shape index (κ3) is 4.55. The number of aryl methyl sites for hydroxylation is 1. The quantitative estimate of drug-likeness (QED) is 0.323. The number of rotatable bonds is 5. The van der Waals surface area contributed by atoms with Gasteiger partial charge in [0.15, 0.2) is 0 Å². The molecule has 0 fully saturated rings. The van der Waals surface area contributed by atoms with Gasteiger partial charge in [0.2, 0.25) is 0 Å². The molecule has 6 nitrogen and oxygen atoms in total. The van der Waals surface area contributed by atoms with Gasteiger partial charge in [-0.15, -0.1) is 0 Å². The van der Waals surface area contributed by atoms with Gasteiger partial charge in [0, 0.05) is 5.02 Å². The Labute approximate surface area is 188 Å². The first kappa shape index (κ1) is 20.9. The molecule has 0 spiro atoms. The predicted octanol–water partition coefficient (Wildman–Crippen LogP) is 5.17. The maximum absolute atomic E-state index is 12.5. The van der Waals surface area contributed by atoms with Crippen molar-refractivity contribution in [3.63, 3.8) is 0 Å². The molecule has 0 saturated carbocycles. The van der Waals surface area contributed by atoms with E-state index in [2.05, 4.69) is 15.6 Å². The number of aromatic nitrogens is 2. The van der Waals surface area contributed by atoms with Crippen LogP contribution in [0.3, 0.4) is 0 Å². The Morgan fingerprint density at radius 3 is 2.52 bits per heavy atom. The molecule has 8 heteroatoms. The molecule has 2 N–H and O–H groups in total. The van der Waals surface area contributed by atoms with Crippen LogP contribution in [0, 0.1) is 6.92 Å². The van der Waals surface area contributed by atoms with E-state index >= 15 is 0 Å². The second-order valence-electron chi connectivity index (χ2n) is 6.99. The number of nitrogens with one attached hydrogen (secondary N) is 1. The van der Waals surface area contributed by atoms with Crippen molar-refractivity contribution in [2.45, 2.75) is 13.5 Å². The SMILES string of the molecule is Cc1nn(Cc2ccc(Cl)cc2)c(Cl)c1C=NNC(=O)c1cc2ccccc2cc1O. The van der Waals surface area contributed by atoms with Crippen molar-refractivity contribution in [2.24, 2.45) is 5.10 Å². The van der Waals surface area contributed by atoms with Crippen molar-refractivity contribution in [3.8, 4) is 5.75 Å². The number of aromatic hydroxyl groups is 1. The summed E-state index contributed by atoms with van der Waals surface area (Å²) in [6, 6.07) is 18.1. The van der Waals surface area contributed by atoms with Gasteiger partial charge in [0.1, 0.15) is 10.9 Å². The Bertz CT molecular complexity index is 1300. The van der Waals surface area contributed by atoms with Crippen LogP contribution < -0.4 is 5.43 Å². The first-order chi connectivity index (χ1) is 14.9. The molecule has 4 rings (SSSR count). The summed E-state index contributed by atoms with van der Waals surface area (Å²) in [5.74, 6) is -0.641. The van der Waals surface area contributed by atoms with E-state index in [1.807, 2.05) is 43.3 Å². The maximum Gasteiger partial charge on any atom is 0.275 e. The van der Waals surface area contributed by atoms with Crippen LogP contribution in [0.15, 0.2) is 65.8 Å². The molecule has 0 saturated heterocycles. The summed E-state index contributed by atoms with van der Waals surface area (Å²) in [6.45, 7) is 2.28. The zero-order valence-corrected chi connectivity index (χ0v) is 18.0. The molecule has 0 bridgehead atoms. The van der Waals surface area contributed by atoms with Crippen molar-refractivity contribution in [2.75, 3.05) is 0 Å². The lowest BCUT2D eigenvalue weighted by molar-refractivity contribution is 0.0952. The number of hydrogen-bond donors (Lipinski definition) is 2. The summed E-state index contributed by atoms with van der Waals surface area (Å²) in [5, 5.41) is 21.4. The van der Waals surface area contributed by atoms with Gasteiger partial charge < -0.3 is 5.11 Å². The molecule has 0 aliphatic carbocycles. The Kier molecular flexibility index (Phi) is 5.93. The number of halogens is 2. The van der Waals surface area contributed by atoms with Gasteiger partial charge in [-0.25, -0.2) is 10.1 Å². The zero-order chi connectivity index (χ0) is 22.0. The molecule has 1 heterocycles. The lowest BCUT2D eigenvalue weighted by Crippen LogP contribution is -2.17. The summed E-state index contributed by atoms with van der Waals surface area (Å²) in [6.07, 6.45) is 1.44. The van der Waals surface area contributed by atoms with E-state index < -0.39 is 5.91 Å². The third-order valence-electron chi connectivity index (χ3n) is 4.82. The molecule has 4 aromatic rings. The van der Waals surface area contributed by atoms with Gasteiger partial charge in [0.05, 0.1) is 29.6 Å². The number of amides is 1. The fourth-order valence-electron chi connectivity index (χ4n) is 3.21. The Hall–Kier alpha value is -3.35. The van der Waals surface area contributed by atoms with Gasteiger partial charge in [0.25, 0.3) is 5.91 Å². The van der Waals surface area contributed by atoms with Gasteiger partial charge in [-0.3, -0.25) is 4.79 Å². The van der Waals surface area contributed by atoms with Crippen LogP contribution in [0.1, 0.15) is 27.2 Å². The number of fused-ring (bicyclic) bond motifs is 1. The monoisotopic (exact) mass is 452 g/mol. The average molecular weight is 453 g/mol. The van der Waals surface area contributed by atoms with E-state index in [1.165, 1.54) is 6.21 Å². The van der Waals surface area contributed by atoms with E-state index in [0.29, 0.717) is 28.0 Å². The fourth-order valence-corrected chi connectivity index (χ4v) is 3.62. The van der Waals surface area contributed by atoms with Crippen molar-refractivity contribution >= 4 is 46.1 Å². The molecule has 31 heavy (non-hydrogen) atoms. The van der Waals surface area contributed by atoms with Gasteiger partial charge in [-0.1, -0.05) is 59.6 Å². The average Bonchev–Trinajstić information content (AvgIpc) is 3.02. The van der Waals surface area contributed by atoms with Crippen LogP contribution in [0.5, 0.6) is 5.75 Å². The molecule has 0 atom stereocenters. The van der Waals surface area contributed by atoms with Crippen LogP contribution in [-0.2, 0) is 6.54 Å². The van der Waals surface area contributed by atoms with E-state index in [-0.39, 0.29) is 11.3 Å². The Morgan fingerprint density at radius 1 is 1.13 bits per heavy atom. The lowest BCUT2D eigenvalue weighted by atomic mass is 10.1. The largest absolute Gasteiger partial charge is 0.507 e. The first-order valence-corrected chi connectivity index (χ1v) is 10.2. The second-order valence-corrected chi connectivity index (χ2v) is 7.78. The smallest absolute Gasteiger partial charge is 0.275 e. The van der Waals surface area contributed by atoms with Gasteiger partial charge in [-0.05, 0) is 47.5 Å². The number of nitrogens with zero attached hydrogens (tertiary/aromatic N) is 3. The molecule has 0 aliphatic heterocycles. The zero-order valence-electron chi connectivity index (χ0n) is 16.5. The summed E-state index contributed by atoms with van der Waals surface area (Å²) in [5.41, 5.74) is 4.83. The summed E-state index contributed by atoms with van der Waals surface area (Å²) in [7, 11) is 0. The minimum absolute atomic E-state index is 0.114. The van der Waals surface area contributed by atoms with E-state index in [1.54, 1.807) is 28.9 Å².